The van der Waals surface area contributed by atoms with Crippen LogP contribution < -0.4 is 9.62 Å². The SMILES string of the molecule is CCNC(=O)C(C)N(Cc1ccccc1C)C(=O)CN(c1ccc(C(C)C)cc1)S(=O)(=O)c1ccc(C)cc1. The summed E-state index contributed by atoms with van der Waals surface area (Å²) in [6, 6.07) is 20.6. The molecule has 0 aliphatic rings. The lowest BCUT2D eigenvalue weighted by molar-refractivity contribution is -0.139. The minimum atomic E-state index is -4.08. The highest BCUT2D eigenvalue weighted by atomic mass is 32.2. The van der Waals surface area contributed by atoms with E-state index in [9.17, 15) is 18.0 Å². The number of anilines is 1. The van der Waals surface area contributed by atoms with E-state index in [1.807, 2.05) is 57.2 Å². The minimum Gasteiger partial charge on any atom is -0.355 e. The second-order valence-electron chi connectivity index (χ2n) is 10.1. The van der Waals surface area contributed by atoms with Gasteiger partial charge in [0.25, 0.3) is 10.0 Å². The monoisotopic (exact) mass is 549 g/mol. The van der Waals surface area contributed by atoms with Crippen LogP contribution in [0.2, 0.25) is 0 Å². The van der Waals surface area contributed by atoms with Crippen LogP contribution >= 0.6 is 0 Å². The van der Waals surface area contributed by atoms with Crippen LogP contribution in [0.4, 0.5) is 5.69 Å². The summed E-state index contributed by atoms with van der Waals surface area (Å²) >= 11 is 0. The Bertz CT molecular complexity index is 1380. The smallest absolute Gasteiger partial charge is 0.264 e. The number of likely N-dealkylation sites (N-methyl/N-ethyl adjacent to an activating group) is 1. The van der Waals surface area contributed by atoms with Gasteiger partial charge in [0.1, 0.15) is 12.6 Å². The highest BCUT2D eigenvalue weighted by Crippen LogP contribution is 2.27. The molecule has 0 aromatic heterocycles. The minimum absolute atomic E-state index is 0.0936. The highest BCUT2D eigenvalue weighted by Gasteiger charge is 2.32. The third kappa shape index (κ3) is 7.26. The average molecular weight is 550 g/mol. The van der Waals surface area contributed by atoms with E-state index in [0.29, 0.717) is 12.2 Å². The summed E-state index contributed by atoms with van der Waals surface area (Å²) < 4.78 is 29.0. The molecule has 3 rings (SSSR count). The van der Waals surface area contributed by atoms with Crippen LogP contribution in [0.3, 0.4) is 0 Å². The van der Waals surface area contributed by atoms with Crippen LogP contribution in [0.25, 0.3) is 0 Å². The Morgan fingerprint density at radius 1 is 0.872 bits per heavy atom. The standard InChI is InChI=1S/C31H39N3O4S/c1-7-32-31(36)25(6)33(20-27-11-9-8-10-24(27)5)30(35)21-34(28-16-14-26(15-17-28)22(2)3)39(37,38)29-18-12-23(4)13-19-29/h8-19,22,25H,7,20-21H2,1-6H3,(H,32,36). The van der Waals surface area contributed by atoms with Crippen molar-refractivity contribution in [2.75, 3.05) is 17.4 Å². The second kappa shape index (κ2) is 12.9. The van der Waals surface area contributed by atoms with Crippen LogP contribution in [-0.4, -0.2) is 44.3 Å². The molecule has 0 heterocycles. The number of hydrogen-bond acceptors (Lipinski definition) is 4. The van der Waals surface area contributed by atoms with E-state index in [-0.39, 0.29) is 23.3 Å². The van der Waals surface area contributed by atoms with Gasteiger partial charge in [-0.25, -0.2) is 8.42 Å². The summed E-state index contributed by atoms with van der Waals surface area (Å²) in [5, 5.41) is 2.78. The molecule has 2 amide bonds. The average Bonchev–Trinajstić information content (AvgIpc) is 2.91. The molecule has 0 fully saturated rings. The first-order chi connectivity index (χ1) is 18.4. The molecule has 1 N–H and O–H groups in total. The molecule has 0 aliphatic heterocycles. The molecule has 7 nitrogen and oxygen atoms in total. The third-order valence-electron chi connectivity index (χ3n) is 6.86. The Balaban J connectivity index is 2.05. The fraction of sp³-hybridized carbons (Fsp3) is 0.355. The molecular formula is C31H39N3O4S. The van der Waals surface area contributed by atoms with Gasteiger partial charge in [-0.05, 0) is 74.6 Å². The Hall–Kier alpha value is -3.65. The summed E-state index contributed by atoms with van der Waals surface area (Å²) in [5.74, 6) is -0.500. The number of nitrogens with zero attached hydrogens (tertiary/aromatic N) is 2. The van der Waals surface area contributed by atoms with E-state index >= 15 is 0 Å². The molecular weight excluding hydrogens is 510 g/mol. The molecule has 3 aromatic carbocycles. The molecule has 208 valence electrons. The quantitative estimate of drug-likeness (QED) is 0.357. The molecule has 0 radical (unpaired) electrons. The molecule has 3 aromatic rings. The van der Waals surface area contributed by atoms with E-state index in [0.717, 1.165) is 26.6 Å². The molecule has 0 saturated heterocycles. The van der Waals surface area contributed by atoms with Crippen LogP contribution in [0.5, 0.6) is 0 Å². The maximum atomic E-state index is 13.9. The number of aryl methyl sites for hydroxylation is 2. The van der Waals surface area contributed by atoms with Gasteiger partial charge in [0.2, 0.25) is 11.8 Å². The molecule has 0 spiro atoms. The number of sulfonamides is 1. The highest BCUT2D eigenvalue weighted by molar-refractivity contribution is 7.92. The van der Waals surface area contributed by atoms with Crippen LogP contribution in [-0.2, 0) is 26.2 Å². The van der Waals surface area contributed by atoms with E-state index in [1.165, 1.54) is 4.90 Å². The van der Waals surface area contributed by atoms with Gasteiger partial charge >= 0.3 is 0 Å². The van der Waals surface area contributed by atoms with E-state index in [4.69, 9.17) is 0 Å². The van der Waals surface area contributed by atoms with E-state index in [2.05, 4.69) is 19.2 Å². The lowest BCUT2D eigenvalue weighted by atomic mass is 10.0. The zero-order chi connectivity index (χ0) is 28.7. The summed E-state index contributed by atoms with van der Waals surface area (Å²) in [6.07, 6.45) is 0. The second-order valence-corrected chi connectivity index (χ2v) is 12.0. The van der Waals surface area contributed by atoms with Gasteiger partial charge in [-0.15, -0.1) is 0 Å². The molecule has 1 atom stereocenters. The summed E-state index contributed by atoms with van der Waals surface area (Å²) in [7, 11) is -4.08. The Kier molecular flexibility index (Phi) is 9.92. The van der Waals surface area contributed by atoms with Crippen molar-refractivity contribution in [2.24, 2.45) is 0 Å². The zero-order valence-corrected chi connectivity index (χ0v) is 24.5. The fourth-order valence-corrected chi connectivity index (χ4v) is 5.68. The Morgan fingerprint density at radius 3 is 2.05 bits per heavy atom. The number of amides is 2. The van der Waals surface area contributed by atoms with Gasteiger partial charge in [0.05, 0.1) is 10.6 Å². The summed E-state index contributed by atoms with van der Waals surface area (Å²) in [6.45, 7) is 11.6. The molecule has 0 aliphatic carbocycles. The molecule has 39 heavy (non-hydrogen) atoms. The van der Waals surface area contributed by atoms with Crippen molar-refractivity contribution < 1.29 is 18.0 Å². The number of carbonyl (C=O) groups excluding carboxylic acids is 2. The van der Waals surface area contributed by atoms with Gasteiger partial charge in [-0.3, -0.25) is 13.9 Å². The van der Waals surface area contributed by atoms with Crippen molar-refractivity contribution in [2.45, 2.75) is 64.9 Å². The largest absolute Gasteiger partial charge is 0.355 e. The number of benzene rings is 3. The van der Waals surface area contributed by atoms with Crippen molar-refractivity contribution in [1.82, 2.24) is 10.2 Å². The normalized spacial score (nSPS) is 12.2. The first-order valence-corrected chi connectivity index (χ1v) is 14.7. The van der Waals surface area contributed by atoms with Crippen LogP contribution in [0, 0.1) is 13.8 Å². The predicted molar refractivity (Wildman–Crippen MR) is 156 cm³/mol. The molecule has 0 bridgehead atoms. The number of nitrogens with one attached hydrogen (secondary N) is 1. The maximum Gasteiger partial charge on any atom is 0.264 e. The van der Waals surface area contributed by atoms with Crippen molar-refractivity contribution in [3.63, 3.8) is 0 Å². The summed E-state index contributed by atoms with van der Waals surface area (Å²) in [4.78, 5) is 28.3. The van der Waals surface area contributed by atoms with Crippen molar-refractivity contribution in [3.8, 4) is 0 Å². The van der Waals surface area contributed by atoms with E-state index < -0.39 is 28.5 Å². The lowest BCUT2D eigenvalue weighted by Crippen LogP contribution is -2.51. The van der Waals surface area contributed by atoms with Crippen LogP contribution in [0.15, 0.2) is 77.7 Å². The Morgan fingerprint density at radius 2 is 1.49 bits per heavy atom. The fourth-order valence-electron chi connectivity index (χ4n) is 4.27. The van der Waals surface area contributed by atoms with Gasteiger partial charge in [0.15, 0.2) is 0 Å². The molecule has 1 unspecified atom stereocenters. The molecule has 0 saturated carbocycles. The molecule has 8 heteroatoms. The number of rotatable bonds is 11. The first-order valence-electron chi connectivity index (χ1n) is 13.3. The van der Waals surface area contributed by atoms with Crippen LogP contribution in [0.1, 0.15) is 55.9 Å². The predicted octanol–water partition coefficient (Wildman–Crippen LogP) is 5.18. The lowest BCUT2D eigenvalue weighted by Gasteiger charge is -2.32. The van der Waals surface area contributed by atoms with E-state index in [1.54, 1.807) is 43.3 Å². The maximum absolute atomic E-state index is 13.9. The van der Waals surface area contributed by atoms with Gasteiger partial charge in [-0.2, -0.15) is 0 Å². The third-order valence-corrected chi connectivity index (χ3v) is 8.64. The van der Waals surface area contributed by atoms with Crippen molar-refractivity contribution >= 4 is 27.5 Å². The summed E-state index contributed by atoms with van der Waals surface area (Å²) in [5.41, 5.74) is 4.24. The first kappa shape index (κ1) is 29.9. The zero-order valence-electron chi connectivity index (χ0n) is 23.6. The Labute approximate surface area is 232 Å². The topological polar surface area (TPSA) is 86.8 Å². The number of carbonyl (C=O) groups is 2. The number of hydrogen-bond donors (Lipinski definition) is 1. The van der Waals surface area contributed by atoms with Crippen molar-refractivity contribution in [1.29, 1.82) is 0 Å². The van der Waals surface area contributed by atoms with Gasteiger partial charge in [-0.1, -0.05) is 67.9 Å². The van der Waals surface area contributed by atoms with Gasteiger partial charge in [0, 0.05) is 13.1 Å². The van der Waals surface area contributed by atoms with Crippen molar-refractivity contribution in [3.05, 3.63) is 95.1 Å². The van der Waals surface area contributed by atoms with Gasteiger partial charge < -0.3 is 10.2 Å².